The second-order valence-electron chi connectivity index (χ2n) is 4.51. The van der Waals surface area contributed by atoms with E-state index >= 15 is 0 Å². The van der Waals surface area contributed by atoms with Crippen LogP contribution in [0.5, 0.6) is 6.01 Å². The van der Waals surface area contributed by atoms with Crippen LogP contribution in [0.1, 0.15) is 33.6 Å². The number of nitrogens with two attached hydrogens (primary N) is 1. The van der Waals surface area contributed by atoms with Crippen molar-refractivity contribution in [3.05, 3.63) is 0 Å². The topological polar surface area (TPSA) is 97.4 Å². The SMILES string of the molecule is CCCCN(CCO)c1nc(N)nc(OC(C)C)n1. The summed E-state index contributed by atoms with van der Waals surface area (Å²) in [6.45, 7) is 7.15. The van der Waals surface area contributed by atoms with Gasteiger partial charge >= 0.3 is 6.01 Å². The van der Waals surface area contributed by atoms with Crippen LogP contribution in [-0.4, -0.2) is 45.9 Å². The number of aliphatic hydroxyl groups is 1. The maximum absolute atomic E-state index is 9.11. The van der Waals surface area contributed by atoms with Crippen LogP contribution in [-0.2, 0) is 0 Å². The fourth-order valence-electron chi connectivity index (χ4n) is 1.55. The van der Waals surface area contributed by atoms with Gasteiger partial charge in [-0.05, 0) is 20.3 Å². The van der Waals surface area contributed by atoms with Crippen LogP contribution in [0, 0.1) is 0 Å². The highest BCUT2D eigenvalue weighted by molar-refractivity contribution is 5.35. The lowest BCUT2D eigenvalue weighted by atomic mass is 10.3. The van der Waals surface area contributed by atoms with Crippen LogP contribution in [0.25, 0.3) is 0 Å². The molecule has 7 nitrogen and oxygen atoms in total. The van der Waals surface area contributed by atoms with Crippen LogP contribution < -0.4 is 15.4 Å². The average Bonchev–Trinajstić information content (AvgIpc) is 2.32. The van der Waals surface area contributed by atoms with Gasteiger partial charge in [-0.3, -0.25) is 0 Å². The Balaban J connectivity index is 2.90. The standard InChI is InChI=1S/C12H23N5O2/c1-4-5-6-17(7-8-18)11-14-10(13)15-12(16-11)19-9(2)3/h9,18H,4-8H2,1-3H3,(H2,13,14,15,16). The molecule has 0 fully saturated rings. The molecular weight excluding hydrogens is 246 g/mol. The number of nitrogens with zero attached hydrogens (tertiary/aromatic N) is 4. The maximum Gasteiger partial charge on any atom is 0.323 e. The quantitative estimate of drug-likeness (QED) is 0.721. The third-order valence-electron chi connectivity index (χ3n) is 2.40. The molecule has 0 radical (unpaired) electrons. The highest BCUT2D eigenvalue weighted by Crippen LogP contribution is 2.15. The third-order valence-corrected chi connectivity index (χ3v) is 2.40. The number of unbranched alkanes of at least 4 members (excludes halogenated alkanes) is 1. The van der Waals surface area contributed by atoms with Gasteiger partial charge in [-0.25, -0.2) is 0 Å². The third kappa shape index (κ3) is 5.25. The molecule has 0 amide bonds. The number of ether oxygens (including phenoxy) is 1. The summed E-state index contributed by atoms with van der Waals surface area (Å²) in [6.07, 6.45) is 2.01. The Morgan fingerprint density at radius 3 is 2.58 bits per heavy atom. The number of anilines is 2. The first kappa shape index (κ1) is 15.4. The Kier molecular flexibility index (Phi) is 6.27. The molecule has 0 saturated carbocycles. The molecule has 1 rings (SSSR count). The summed E-state index contributed by atoms with van der Waals surface area (Å²) < 4.78 is 5.44. The number of nitrogen functional groups attached to an aromatic ring is 1. The first-order valence-electron chi connectivity index (χ1n) is 6.60. The molecular formula is C12H23N5O2. The zero-order valence-corrected chi connectivity index (χ0v) is 11.8. The summed E-state index contributed by atoms with van der Waals surface area (Å²) >= 11 is 0. The molecule has 0 saturated heterocycles. The molecule has 108 valence electrons. The van der Waals surface area contributed by atoms with Gasteiger partial charge in [-0.15, -0.1) is 0 Å². The fraction of sp³-hybridized carbons (Fsp3) is 0.750. The Hall–Kier alpha value is -1.63. The summed E-state index contributed by atoms with van der Waals surface area (Å²) in [5, 5.41) is 9.11. The molecule has 0 aliphatic heterocycles. The van der Waals surface area contributed by atoms with Crippen molar-refractivity contribution in [2.45, 2.75) is 39.7 Å². The molecule has 0 aliphatic rings. The number of rotatable bonds is 8. The van der Waals surface area contributed by atoms with Gasteiger partial charge in [-0.1, -0.05) is 13.3 Å². The summed E-state index contributed by atoms with van der Waals surface area (Å²) in [6, 6.07) is 0.219. The van der Waals surface area contributed by atoms with Gasteiger partial charge in [0.2, 0.25) is 11.9 Å². The van der Waals surface area contributed by atoms with Gasteiger partial charge in [0.15, 0.2) is 0 Å². The van der Waals surface area contributed by atoms with E-state index in [2.05, 4.69) is 21.9 Å². The van der Waals surface area contributed by atoms with Crippen molar-refractivity contribution in [1.29, 1.82) is 0 Å². The van der Waals surface area contributed by atoms with E-state index < -0.39 is 0 Å². The number of hydrogen-bond donors (Lipinski definition) is 2. The van der Waals surface area contributed by atoms with E-state index in [1.54, 1.807) is 0 Å². The van der Waals surface area contributed by atoms with Crippen LogP contribution in [0.3, 0.4) is 0 Å². The van der Waals surface area contributed by atoms with E-state index in [0.29, 0.717) is 12.5 Å². The maximum atomic E-state index is 9.11. The fourth-order valence-corrected chi connectivity index (χ4v) is 1.55. The molecule has 19 heavy (non-hydrogen) atoms. The lowest BCUT2D eigenvalue weighted by molar-refractivity contribution is 0.222. The van der Waals surface area contributed by atoms with E-state index in [4.69, 9.17) is 15.6 Å². The van der Waals surface area contributed by atoms with E-state index in [-0.39, 0.29) is 24.7 Å². The molecule has 0 spiro atoms. The van der Waals surface area contributed by atoms with E-state index in [0.717, 1.165) is 19.4 Å². The lowest BCUT2D eigenvalue weighted by Gasteiger charge is -2.21. The highest BCUT2D eigenvalue weighted by atomic mass is 16.5. The van der Waals surface area contributed by atoms with Crippen LogP contribution in [0.15, 0.2) is 0 Å². The molecule has 0 bridgehead atoms. The molecule has 1 aromatic heterocycles. The van der Waals surface area contributed by atoms with Crippen LogP contribution in [0.2, 0.25) is 0 Å². The number of aromatic nitrogens is 3. The van der Waals surface area contributed by atoms with Crippen molar-refractivity contribution in [2.24, 2.45) is 0 Å². The van der Waals surface area contributed by atoms with Gasteiger partial charge < -0.3 is 20.5 Å². The summed E-state index contributed by atoms with van der Waals surface area (Å²) in [5.41, 5.74) is 5.67. The van der Waals surface area contributed by atoms with Crippen molar-refractivity contribution in [2.75, 3.05) is 30.3 Å². The zero-order chi connectivity index (χ0) is 14.3. The predicted octanol–water partition coefficient (Wildman–Crippen LogP) is 0.840. The second-order valence-corrected chi connectivity index (χ2v) is 4.51. The Morgan fingerprint density at radius 1 is 1.26 bits per heavy atom. The molecule has 0 unspecified atom stereocenters. The smallest absolute Gasteiger partial charge is 0.323 e. The summed E-state index contributed by atoms with van der Waals surface area (Å²) in [4.78, 5) is 14.2. The first-order chi connectivity index (χ1) is 9.06. The van der Waals surface area contributed by atoms with E-state index in [1.807, 2.05) is 18.7 Å². The van der Waals surface area contributed by atoms with E-state index in [9.17, 15) is 0 Å². The molecule has 1 heterocycles. The first-order valence-corrected chi connectivity index (χ1v) is 6.60. The largest absolute Gasteiger partial charge is 0.461 e. The molecule has 0 aromatic carbocycles. The molecule has 1 aromatic rings. The minimum atomic E-state index is -0.0309. The van der Waals surface area contributed by atoms with Crippen LogP contribution >= 0.6 is 0 Å². The molecule has 0 atom stereocenters. The molecule has 3 N–H and O–H groups in total. The van der Waals surface area contributed by atoms with Crippen molar-refractivity contribution in [3.8, 4) is 6.01 Å². The normalized spacial score (nSPS) is 10.8. The van der Waals surface area contributed by atoms with Gasteiger partial charge in [0.25, 0.3) is 0 Å². The summed E-state index contributed by atoms with van der Waals surface area (Å²) in [7, 11) is 0. The average molecular weight is 269 g/mol. The lowest BCUT2D eigenvalue weighted by Crippen LogP contribution is -2.30. The Morgan fingerprint density at radius 2 is 2.00 bits per heavy atom. The van der Waals surface area contributed by atoms with Crippen molar-refractivity contribution < 1.29 is 9.84 Å². The van der Waals surface area contributed by atoms with E-state index in [1.165, 1.54) is 0 Å². The molecule has 7 heteroatoms. The number of hydrogen-bond acceptors (Lipinski definition) is 7. The second kappa shape index (κ2) is 7.73. The number of aliphatic hydroxyl groups excluding tert-OH is 1. The minimum Gasteiger partial charge on any atom is -0.461 e. The molecule has 0 aliphatic carbocycles. The Labute approximate surface area is 113 Å². The van der Waals surface area contributed by atoms with Crippen molar-refractivity contribution >= 4 is 11.9 Å². The van der Waals surface area contributed by atoms with Crippen molar-refractivity contribution in [1.82, 2.24) is 15.0 Å². The van der Waals surface area contributed by atoms with Gasteiger partial charge in [-0.2, -0.15) is 15.0 Å². The van der Waals surface area contributed by atoms with Gasteiger partial charge in [0.1, 0.15) is 0 Å². The minimum absolute atomic E-state index is 0.0309. The van der Waals surface area contributed by atoms with Gasteiger partial charge in [0.05, 0.1) is 12.7 Å². The monoisotopic (exact) mass is 269 g/mol. The summed E-state index contributed by atoms with van der Waals surface area (Å²) in [5.74, 6) is 0.575. The van der Waals surface area contributed by atoms with Crippen LogP contribution in [0.4, 0.5) is 11.9 Å². The highest BCUT2D eigenvalue weighted by Gasteiger charge is 2.13. The predicted molar refractivity (Wildman–Crippen MR) is 74.2 cm³/mol. The zero-order valence-electron chi connectivity index (χ0n) is 11.8. The Bertz CT molecular complexity index is 386. The van der Waals surface area contributed by atoms with Gasteiger partial charge in [0, 0.05) is 13.1 Å². The van der Waals surface area contributed by atoms with Crippen molar-refractivity contribution in [3.63, 3.8) is 0 Å².